The second-order valence-electron chi connectivity index (χ2n) is 6.38. The Kier molecular flexibility index (Phi) is 8.98. The molecule has 0 aliphatic carbocycles. The molecular weight excluding hydrogens is 284 g/mol. The van der Waals surface area contributed by atoms with Crippen molar-refractivity contribution >= 4 is 5.97 Å². The second-order valence-corrected chi connectivity index (χ2v) is 6.38. The molecule has 1 rings (SSSR count). The van der Waals surface area contributed by atoms with Crippen LogP contribution in [0.2, 0.25) is 0 Å². The predicted octanol–water partition coefficient (Wildman–Crippen LogP) is 3.30. The van der Waals surface area contributed by atoms with Crippen LogP contribution < -0.4 is 0 Å². The maximum atomic E-state index is 11.6. The van der Waals surface area contributed by atoms with Crippen molar-refractivity contribution in [3.8, 4) is 0 Å². The van der Waals surface area contributed by atoms with Crippen LogP contribution in [-0.4, -0.2) is 44.3 Å². The molecule has 2 unspecified atom stereocenters. The highest BCUT2D eigenvalue weighted by molar-refractivity contribution is 5.69. The van der Waals surface area contributed by atoms with Crippen molar-refractivity contribution in [3.05, 3.63) is 0 Å². The Bertz CT molecular complexity index is 316. The molecule has 0 radical (unpaired) electrons. The largest absolute Gasteiger partial charge is 0.463 e. The first kappa shape index (κ1) is 19.4. The zero-order chi connectivity index (χ0) is 16.4. The molecule has 0 saturated carbocycles. The summed E-state index contributed by atoms with van der Waals surface area (Å²) in [5.41, 5.74) is 0. The number of esters is 1. The molecule has 0 bridgehead atoms. The van der Waals surface area contributed by atoms with Crippen molar-refractivity contribution in [3.63, 3.8) is 0 Å². The van der Waals surface area contributed by atoms with E-state index in [4.69, 9.17) is 18.9 Å². The van der Waals surface area contributed by atoms with Crippen LogP contribution in [0.3, 0.4) is 0 Å². The Hall–Kier alpha value is -0.650. The quantitative estimate of drug-likeness (QED) is 0.432. The van der Waals surface area contributed by atoms with E-state index < -0.39 is 5.79 Å². The lowest BCUT2D eigenvalue weighted by molar-refractivity contribution is -0.159. The minimum Gasteiger partial charge on any atom is -0.463 e. The van der Waals surface area contributed by atoms with Gasteiger partial charge in [-0.25, -0.2) is 0 Å². The third kappa shape index (κ3) is 8.11. The smallest absolute Gasteiger partial charge is 0.308 e. The highest BCUT2D eigenvalue weighted by Gasteiger charge is 2.33. The lowest BCUT2D eigenvalue weighted by atomic mass is 10.0. The van der Waals surface area contributed by atoms with Gasteiger partial charge in [0.05, 0.1) is 19.6 Å². The van der Waals surface area contributed by atoms with Crippen molar-refractivity contribution in [2.75, 3.05) is 26.4 Å². The lowest BCUT2D eigenvalue weighted by Gasteiger charge is -2.17. The van der Waals surface area contributed by atoms with Gasteiger partial charge >= 0.3 is 5.97 Å². The summed E-state index contributed by atoms with van der Waals surface area (Å²) in [4.78, 5) is 11.6. The van der Waals surface area contributed by atoms with E-state index in [1.807, 2.05) is 13.8 Å². The van der Waals surface area contributed by atoms with Crippen LogP contribution in [0.5, 0.6) is 0 Å². The third-order valence-corrected chi connectivity index (χ3v) is 3.84. The van der Waals surface area contributed by atoms with Crippen molar-refractivity contribution in [1.82, 2.24) is 0 Å². The zero-order valence-electron chi connectivity index (χ0n) is 14.6. The minimum atomic E-state index is -0.576. The first-order chi connectivity index (χ1) is 10.5. The highest BCUT2D eigenvalue weighted by atomic mass is 16.7. The molecular formula is C17H32O5. The molecule has 1 heterocycles. The molecule has 1 aliphatic heterocycles. The summed E-state index contributed by atoms with van der Waals surface area (Å²) in [6.07, 6.45) is 4.90. The van der Waals surface area contributed by atoms with Gasteiger partial charge in [-0.15, -0.1) is 0 Å². The van der Waals surface area contributed by atoms with Gasteiger partial charge in [-0.2, -0.15) is 0 Å². The molecule has 2 atom stereocenters. The van der Waals surface area contributed by atoms with Gasteiger partial charge in [0.1, 0.15) is 12.7 Å². The Morgan fingerprint density at radius 3 is 2.73 bits per heavy atom. The number of hydrogen-bond donors (Lipinski definition) is 0. The molecule has 0 spiro atoms. The fraction of sp³-hybridized carbons (Fsp3) is 0.941. The molecule has 130 valence electrons. The number of carbonyl (C=O) groups excluding carboxylic acids is 1. The molecule has 1 fully saturated rings. The Balaban J connectivity index is 2.03. The van der Waals surface area contributed by atoms with Gasteiger partial charge in [-0.1, -0.05) is 33.1 Å². The summed E-state index contributed by atoms with van der Waals surface area (Å²) in [5, 5.41) is 0. The molecule has 1 aliphatic rings. The van der Waals surface area contributed by atoms with E-state index in [9.17, 15) is 4.79 Å². The maximum absolute atomic E-state index is 11.6. The van der Waals surface area contributed by atoms with Crippen LogP contribution >= 0.6 is 0 Å². The summed E-state index contributed by atoms with van der Waals surface area (Å²) in [6.45, 7) is 9.96. The Labute approximate surface area is 134 Å². The SMILES string of the molecule is CCCCC(CC)COCCC(=O)OCC1COC(C)(C)O1. The first-order valence-corrected chi connectivity index (χ1v) is 8.52. The number of rotatable bonds is 11. The van der Waals surface area contributed by atoms with Gasteiger partial charge < -0.3 is 18.9 Å². The topological polar surface area (TPSA) is 54.0 Å². The van der Waals surface area contributed by atoms with E-state index in [0.29, 0.717) is 25.6 Å². The van der Waals surface area contributed by atoms with E-state index in [0.717, 1.165) is 13.0 Å². The standard InChI is InChI=1S/C17H32O5/c1-5-7-8-14(6-2)11-19-10-9-16(18)20-12-15-13-21-17(3,4)22-15/h14-15H,5-13H2,1-4H3. The normalized spacial score (nSPS) is 21.7. The average Bonchev–Trinajstić information content (AvgIpc) is 2.83. The van der Waals surface area contributed by atoms with Gasteiger partial charge in [-0.05, 0) is 26.2 Å². The van der Waals surface area contributed by atoms with E-state index in [1.165, 1.54) is 19.3 Å². The molecule has 0 aromatic heterocycles. The molecule has 0 aromatic carbocycles. The van der Waals surface area contributed by atoms with E-state index in [2.05, 4.69) is 13.8 Å². The Morgan fingerprint density at radius 1 is 1.36 bits per heavy atom. The fourth-order valence-corrected chi connectivity index (χ4v) is 2.41. The van der Waals surface area contributed by atoms with E-state index >= 15 is 0 Å². The van der Waals surface area contributed by atoms with E-state index in [1.54, 1.807) is 0 Å². The summed E-state index contributed by atoms with van der Waals surface area (Å²) < 4.78 is 21.8. The monoisotopic (exact) mass is 316 g/mol. The van der Waals surface area contributed by atoms with Crippen LogP contribution in [0.4, 0.5) is 0 Å². The molecule has 1 saturated heterocycles. The van der Waals surface area contributed by atoms with Crippen molar-refractivity contribution < 1.29 is 23.7 Å². The lowest BCUT2D eigenvalue weighted by Crippen LogP contribution is -2.25. The molecule has 5 heteroatoms. The van der Waals surface area contributed by atoms with Gasteiger partial charge in [0.25, 0.3) is 0 Å². The number of carbonyl (C=O) groups is 1. The van der Waals surface area contributed by atoms with E-state index in [-0.39, 0.29) is 18.7 Å². The number of ether oxygens (including phenoxy) is 4. The fourth-order valence-electron chi connectivity index (χ4n) is 2.41. The van der Waals surface area contributed by atoms with Crippen molar-refractivity contribution in [2.24, 2.45) is 5.92 Å². The molecule has 5 nitrogen and oxygen atoms in total. The van der Waals surface area contributed by atoms with Gasteiger partial charge in [0, 0.05) is 6.61 Å². The van der Waals surface area contributed by atoms with Crippen molar-refractivity contribution in [1.29, 1.82) is 0 Å². The van der Waals surface area contributed by atoms with Gasteiger partial charge in [0.2, 0.25) is 0 Å². The highest BCUT2D eigenvalue weighted by Crippen LogP contribution is 2.22. The van der Waals surface area contributed by atoms with Crippen LogP contribution in [0.25, 0.3) is 0 Å². The first-order valence-electron chi connectivity index (χ1n) is 8.52. The molecule has 0 amide bonds. The van der Waals surface area contributed by atoms with Gasteiger partial charge in [0.15, 0.2) is 5.79 Å². The molecule has 22 heavy (non-hydrogen) atoms. The zero-order valence-corrected chi connectivity index (χ0v) is 14.6. The van der Waals surface area contributed by atoms with Gasteiger partial charge in [-0.3, -0.25) is 4.79 Å². The number of hydrogen-bond acceptors (Lipinski definition) is 5. The summed E-state index contributed by atoms with van der Waals surface area (Å²) in [6, 6.07) is 0. The summed E-state index contributed by atoms with van der Waals surface area (Å²) >= 11 is 0. The average molecular weight is 316 g/mol. The predicted molar refractivity (Wildman–Crippen MR) is 84.6 cm³/mol. The third-order valence-electron chi connectivity index (χ3n) is 3.84. The second kappa shape index (κ2) is 10.2. The van der Waals surface area contributed by atoms with Crippen LogP contribution in [0.1, 0.15) is 59.8 Å². The van der Waals surface area contributed by atoms with Crippen LogP contribution in [0, 0.1) is 5.92 Å². The minimum absolute atomic E-state index is 0.168. The Morgan fingerprint density at radius 2 is 2.14 bits per heavy atom. The van der Waals surface area contributed by atoms with Crippen LogP contribution in [-0.2, 0) is 23.7 Å². The summed E-state index contributed by atoms with van der Waals surface area (Å²) in [7, 11) is 0. The number of unbranched alkanes of at least 4 members (excludes halogenated alkanes) is 1. The molecule has 0 N–H and O–H groups in total. The molecule has 0 aromatic rings. The maximum Gasteiger partial charge on any atom is 0.308 e. The van der Waals surface area contributed by atoms with Crippen molar-refractivity contribution in [2.45, 2.75) is 71.7 Å². The summed E-state index contributed by atoms with van der Waals surface area (Å²) in [5.74, 6) is -0.217. The van der Waals surface area contributed by atoms with Crippen LogP contribution in [0.15, 0.2) is 0 Å².